The zero-order valence-electron chi connectivity index (χ0n) is 8.73. The molecule has 0 aromatic rings. The van der Waals surface area contributed by atoms with Crippen LogP contribution < -0.4 is 16.4 Å². The highest BCUT2D eigenvalue weighted by Gasteiger charge is 2.28. The van der Waals surface area contributed by atoms with E-state index in [0.717, 1.165) is 6.54 Å². The summed E-state index contributed by atoms with van der Waals surface area (Å²) in [5, 5.41) is 14.1. The monoisotopic (exact) mass is 229 g/mol. The Morgan fingerprint density at radius 3 is 2.62 bits per heavy atom. The van der Waals surface area contributed by atoms with Crippen LogP contribution >= 0.6 is 0 Å². The molecule has 1 rings (SSSR count). The molecule has 1 heterocycles. The molecule has 1 saturated heterocycles. The van der Waals surface area contributed by atoms with Crippen molar-refractivity contribution in [2.45, 2.75) is 18.9 Å². The molecule has 0 aliphatic carbocycles. The van der Waals surface area contributed by atoms with E-state index in [0.29, 0.717) is 13.0 Å². The molecule has 16 heavy (non-hydrogen) atoms. The third-order valence-electron chi connectivity index (χ3n) is 2.45. The number of rotatable bonds is 5. The second kappa shape index (κ2) is 5.45. The van der Waals surface area contributed by atoms with Crippen molar-refractivity contribution < 1.29 is 19.5 Å². The van der Waals surface area contributed by atoms with Crippen LogP contribution in [-0.4, -0.2) is 42.0 Å². The highest BCUT2D eigenvalue weighted by atomic mass is 16.4. The number of nitrogens with one attached hydrogen (secondary N) is 2. The molecular weight excluding hydrogens is 214 g/mol. The molecule has 2 amide bonds. The Balaban J connectivity index is 2.50. The number of nitrogens with two attached hydrogens (primary N) is 1. The Hall–Kier alpha value is -1.63. The van der Waals surface area contributed by atoms with Gasteiger partial charge >= 0.3 is 5.97 Å². The number of hydrogen-bond acceptors (Lipinski definition) is 4. The van der Waals surface area contributed by atoms with Crippen LogP contribution in [0.4, 0.5) is 0 Å². The summed E-state index contributed by atoms with van der Waals surface area (Å²) >= 11 is 0. The molecule has 0 spiro atoms. The Labute approximate surface area is 92.4 Å². The number of hydrogen-bond donors (Lipinski definition) is 4. The van der Waals surface area contributed by atoms with Crippen LogP contribution in [0.25, 0.3) is 0 Å². The fraction of sp³-hybridized carbons (Fsp3) is 0.667. The van der Waals surface area contributed by atoms with Gasteiger partial charge in [-0.1, -0.05) is 0 Å². The molecule has 0 saturated carbocycles. The van der Waals surface area contributed by atoms with Crippen molar-refractivity contribution in [3.63, 3.8) is 0 Å². The Morgan fingerprint density at radius 2 is 2.19 bits per heavy atom. The predicted molar refractivity (Wildman–Crippen MR) is 54.4 cm³/mol. The quantitative estimate of drug-likeness (QED) is 0.436. The summed E-state index contributed by atoms with van der Waals surface area (Å²) in [6.45, 7) is 1.28. The van der Waals surface area contributed by atoms with E-state index < -0.39 is 17.9 Å². The number of amides is 2. The molecule has 5 N–H and O–H groups in total. The second-order valence-corrected chi connectivity index (χ2v) is 3.76. The molecule has 0 aromatic carbocycles. The SMILES string of the molecule is NC(=O)CC(NC(=O)C1CCNC1)C(=O)O. The number of primary amides is 1. The van der Waals surface area contributed by atoms with Gasteiger partial charge in [0.25, 0.3) is 0 Å². The summed E-state index contributed by atoms with van der Waals surface area (Å²) in [6, 6.07) is -1.23. The van der Waals surface area contributed by atoms with Crippen molar-refractivity contribution in [1.29, 1.82) is 0 Å². The number of carbonyl (C=O) groups excluding carboxylic acids is 2. The predicted octanol–water partition coefficient (Wildman–Crippen LogP) is -1.96. The lowest BCUT2D eigenvalue weighted by Gasteiger charge is -2.15. The van der Waals surface area contributed by atoms with Crippen LogP contribution in [0.3, 0.4) is 0 Å². The lowest BCUT2D eigenvalue weighted by molar-refractivity contribution is -0.143. The largest absolute Gasteiger partial charge is 0.480 e. The highest BCUT2D eigenvalue weighted by molar-refractivity contribution is 5.89. The van der Waals surface area contributed by atoms with E-state index in [1.807, 2.05) is 0 Å². The lowest BCUT2D eigenvalue weighted by Crippen LogP contribution is -2.46. The van der Waals surface area contributed by atoms with E-state index in [-0.39, 0.29) is 18.2 Å². The summed E-state index contributed by atoms with van der Waals surface area (Å²) in [7, 11) is 0. The maximum atomic E-state index is 11.6. The van der Waals surface area contributed by atoms with Gasteiger partial charge in [-0.15, -0.1) is 0 Å². The molecule has 2 atom stereocenters. The molecule has 1 aliphatic heterocycles. The van der Waals surface area contributed by atoms with Crippen molar-refractivity contribution in [2.75, 3.05) is 13.1 Å². The minimum atomic E-state index is -1.25. The maximum absolute atomic E-state index is 11.6. The Morgan fingerprint density at radius 1 is 1.50 bits per heavy atom. The first kappa shape index (κ1) is 12.4. The van der Waals surface area contributed by atoms with Crippen LogP contribution in [0.2, 0.25) is 0 Å². The molecular formula is C9H15N3O4. The molecule has 2 unspecified atom stereocenters. The van der Waals surface area contributed by atoms with Crippen LogP contribution in [0.15, 0.2) is 0 Å². The molecule has 0 aromatic heterocycles. The van der Waals surface area contributed by atoms with Crippen molar-refractivity contribution in [1.82, 2.24) is 10.6 Å². The fourth-order valence-electron chi connectivity index (χ4n) is 1.57. The molecule has 7 nitrogen and oxygen atoms in total. The van der Waals surface area contributed by atoms with Crippen LogP contribution in [0.1, 0.15) is 12.8 Å². The van der Waals surface area contributed by atoms with Crippen molar-refractivity contribution in [2.24, 2.45) is 11.7 Å². The standard InChI is InChI=1S/C9H15N3O4/c10-7(13)3-6(9(15)16)12-8(14)5-1-2-11-4-5/h5-6,11H,1-4H2,(H2,10,13)(H,12,14)(H,15,16). The lowest BCUT2D eigenvalue weighted by atomic mass is 10.1. The molecule has 1 aliphatic rings. The zero-order chi connectivity index (χ0) is 12.1. The average molecular weight is 229 g/mol. The van der Waals surface area contributed by atoms with E-state index >= 15 is 0 Å². The van der Waals surface area contributed by atoms with Crippen molar-refractivity contribution >= 4 is 17.8 Å². The fourth-order valence-corrected chi connectivity index (χ4v) is 1.57. The minimum absolute atomic E-state index is 0.227. The van der Waals surface area contributed by atoms with Gasteiger partial charge in [-0.25, -0.2) is 4.79 Å². The highest BCUT2D eigenvalue weighted by Crippen LogP contribution is 2.08. The van der Waals surface area contributed by atoms with E-state index in [1.165, 1.54) is 0 Å². The normalized spacial score (nSPS) is 21.4. The first-order chi connectivity index (χ1) is 7.50. The number of carbonyl (C=O) groups is 3. The van der Waals surface area contributed by atoms with E-state index in [4.69, 9.17) is 10.8 Å². The molecule has 0 radical (unpaired) electrons. The number of carboxylic acid groups (broad SMARTS) is 1. The van der Waals surface area contributed by atoms with Gasteiger partial charge in [0.1, 0.15) is 6.04 Å². The van der Waals surface area contributed by atoms with E-state index in [2.05, 4.69) is 10.6 Å². The topological polar surface area (TPSA) is 122 Å². The summed E-state index contributed by atoms with van der Waals surface area (Å²) in [6.07, 6.45) is 0.288. The third-order valence-corrected chi connectivity index (χ3v) is 2.45. The average Bonchev–Trinajstić information content (AvgIpc) is 2.68. The summed E-state index contributed by atoms with van der Waals surface area (Å²) in [4.78, 5) is 32.9. The molecule has 0 bridgehead atoms. The number of aliphatic carboxylic acids is 1. The first-order valence-corrected chi connectivity index (χ1v) is 5.03. The smallest absolute Gasteiger partial charge is 0.326 e. The van der Waals surface area contributed by atoms with Crippen LogP contribution in [0, 0.1) is 5.92 Å². The maximum Gasteiger partial charge on any atom is 0.326 e. The van der Waals surface area contributed by atoms with E-state index in [9.17, 15) is 14.4 Å². The van der Waals surface area contributed by atoms with Gasteiger partial charge in [-0.3, -0.25) is 9.59 Å². The molecule has 1 fully saturated rings. The third kappa shape index (κ3) is 3.50. The van der Waals surface area contributed by atoms with Gasteiger partial charge < -0.3 is 21.5 Å². The van der Waals surface area contributed by atoms with Gasteiger partial charge in [0.05, 0.1) is 12.3 Å². The number of carboxylic acids is 1. The van der Waals surface area contributed by atoms with Gasteiger partial charge in [-0.2, -0.15) is 0 Å². The van der Waals surface area contributed by atoms with Crippen LogP contribution in [0.5, 0.6) is 0 Å². The van der Waals surface area contributed by atoms with Crippen molar-refractivity contribution in [3.8, 4) is 0 Å². The zero-order valence-corrected chi connectivity index (χ0v) is 8.73. The van der Waals surface area contributed by atoms with Gasteiger partial charge in [-0.05, 0) is 13.0 Å². The first-order valence-electron chi connectivity index (χ1n) is 5.03. The summed E-state index contributed by atoms with van der Waals surface area (Å²) in [5.41, 5.74) is 4.89. The summed E-state index contributed by atoms with van der Waals surface area (Å²) in [5.74, 6) is -2.58. The van der Waals surface area contributed by atoms with Gasteiger partial charge in [0.2, 0.25) is 11.8 Å². The van der Waals surface area contributed by atoms with Crippen LogP contribution in [-0.2, 0) is 14.4 Å². The van der Waals surface area contributed by atoms with Gasteiger partial charge in [0.15, 0.2) is 0 Å². The Bertz CT molecular complexity index is 299. The molecule has 7 heteroatoms. The van der Waals surface area contributed by atoms with E-state index in [1.54, 1.807) is 0 Å². The minimum Gasteiger partial charge on any atom is -0.480 e. The summed E-state index contributed by atoms with van der Waals surface area (Å²) < 4.78 is 0. The van der Waals surface area contributed by atoms with Gasteiger partial charge in [0, 0.05) is 6.54 Å². The molecule has 90 valence electrons. The Kier molecular flexibility index (Phi) is 4.24. The van der Waals surface area contributed by atoms with Crippen molar-refractivity contribution in [3.05, 3.63) is 0 Å². The second-order valence-electron chi connectivity index (χ2n) is 3.76.